The molecule has 0 amide bonds. The van der Waals surface area contributed by atoms with Gasteiger partial charge >= 0.3 is 5.97 Å². The molecule has 0 saturated heterocycles. The molecule has 2 heterocycles. The summed E-state index contributed by atoms with van der Waals surface area (Å²) in [6, 6.07) is 13.8. The second-order valence-corrected chi connectivity index (χ2v) is 7.49. The van der Waals surface area contributed by atoms with Crippen LogP contribution in [0.4, 0.5) is 11.5 Å². The van der Waals surface area contributed by atoms with Crippen molar-refractivity contribution in [3.63, 3.8) is 0 Å². The lowest BCUT2D eigenvalue weighted by molar-refractivity contribution is -0.144. The van der Waals surface area contributed by atoms with E-state index in [4.69, 9.17) is 9.47 Å². The summed E-state index contributed by atoms with van der Waals surface area (Å²) in [5.41, 5.74) is 11.9. The topological polar surface area (TPSA) is 117 Å². The number of fused-ring (bicyclic) bond motifs is 1. The Balaban J connectivity index is 1.68. The van der Waals surface area contributed by atoms with Crippen molar-refractivity contribution in [2.45, 2.75) is 20.3 Å². The summed E-state index contributed by atoms with van der Waals surface area (Å²) in [5, 5.41) is 0. The maximum atomic E-state index is 12.3. The summed E-state index contributed by atoms with van der Waals surface area (Å²) in [4.78, 5) is 31.4. The van der Waals surface area contributed by atoms with E-state index in [-0.39, 0.29) is 17.4 Å². The van der Waals surface area contributed by atoms with E-state index in [1.165, 1.54) is 7.11 Å². The van der Waals surface area contributed by atoms with Crippen LogP contribution in [0, 0.1) is 5.92 Å². The molecule has 0 spiro atoms. The van der Waals surface area contributed by atoms with Gasteiger partial charge in [-0.25, -0.2) is 4.98 Å². The molecule has 1 aromatic heterocycles. The third-order valence-corrected chi connectivity index (χ3v) is 5.23. The molecular weight excluding hydrogens is 410 g/mol. The second kappa shape index (κ2) is 9.11. The molecule has 0 aliphatic carbocycles. The molecule has 9 heteroatoms. The summed E-state index contributed by atoms with van der Waals surface area (Å²) >= 11 is 0. The van der Waals surface area contributed by atoms with Crippen LogP contribution in [-0.2, 0) is 16.0 Å². The lowest BCUT2D eigenvalue weighted by Crippen LogP contribution is -2.21. The van der Waals surface area contributed by atoms with Crippen molar-refractivity contribution < 1.29 is 14.3 Å². The molecule has 4 rings (SSSR count). The zero-order chi connectivity index (χ0) is 22.7. The Morgan fingerprint density at radius 1 is 1.12 bits per heavy atom. The molecule has 1 unspecified atom stereocenters. The zero-order valence-corrected chi connectivity index (χ0v) is 18.1. The Labute approximate surface area is 185 Å². The van der Waals surface area contributed by atoms with Gasteiger partial charge in [-0.1, -0.05) is 37.3 Å². The molecule has 32 heavy (non-hydrogen) atoms. The lowest BCUT2D eigenvalue weighted by Gasteiger charge is -2.14. The highest BCUT2D eigenvalue weighted by Crippen LogP contribution is 2.34. The van der Waals surface area contributed by atoms with Crippen LogP contribution in [0.2, 0.25) is 0 Å². The number of ether oxygens (including phenoxy) is 2. The van der Waals surface area contributed by atoms with Gasteiger partial charge in [-0.3, -0.25) is 20.4 Å². The van der Waals surface area contributed by atoms with Gasteiger partial charge in [-0.15, -0.1) is 5.53 Å². The van der Waals surface area contributed by atoms with Gasteiger partial charge in [0.1, 0.15) is 11.6 Å². The number of esters is 1. The highest BCUT2D eigenvalue weighted by molar-refractivity contribution is 5.76. The van der Waals surface area contributed by atoms with Crippen LogP contribution in [0.1, 0.15) is 19.4 Å². The van der Waals surface area contributed by atoms with E-state index in [1.54, 1.807) is 0 Å². The number of carbonyl (C=O) groups is 1. The molecule has 0 radical (unpaired) electrons. The number of benzene rings is 2. The Morgan fingerprint density at radius 2 is 1.94 bits per heavy atom. The first-order chi connectivity index (χ1) is 15.5. The van der Waals surface area contributed by atoms with Crippen LogP contribution in [-0.4, -0.2) is 29.7 Å². The molecule has 1 aliphatic heterocycles. The minimum atomic E-state index is -0.290. The predicted molar refractivity (Wildman–Crippen MR) is 122 cm³/mol. The van der Waals surface area contributed by atoms with E-state index in [0.29, 0.717) is 41.7 Å². The van der Waals surface area contributed by atoms with E-state index >= 15 is 0 Å². The van der Waals surface area contributed by atoms with Crippen molar-refractivity contribution in [1.29, 1.82) is 0 Å². The fourth-order valence-electron chi connectivity index (χ4n) is 3.65. The van der Waals surface area contributed by atoms with Crippen molar-refractivity contribution >= 4 is 17.5 Å². The molecule has 9 nitrogen and oxygen atoms in total. The SMILES string of the molecule is CCOc1cc(-c2cccc(CC(C)C(=O)OC)c2)ccc1-c1nc2c(c(=O)[nH]1)NNN2. The summed E-state index contributed by atoms with van der Waals surface area (Å²) in [6.45, 7) is 4.22. The van der Waals surface area contributed by atoms with Gasteiger partial charge in [-0.05, 0) is 42.2 Å². The molecular formula is C23H25N5O4. The van der Waals surface area contributed by atoms with Crippen LogP contribution >= 0.6 is 0 Å². The fourth-order valence-corrected chi connectivity index (χ4v) is 3.65. The van der Waals surface area contributed by atoms with Crippen molar-refractivity contribution in [2.75, 3.05) is 24.6 Å². The Hall–Kier alpha value is -3.85. The Bertz CT molecular complexity index is 1210. The lowest BCUT2D eigenvalue weighted by atomic mass is 9.96. The molecule has 4 N–H and O–H groups in total. The normalized spacial score (nSPS) is 13.0. The number of H-pyrrole nitrogens is 1. The first kappa shape index (κ1) is 21.4. The average Bonchev–Trinajstić information content (AvgIpc) is 3.28. The number of nitrogens with zero attached hydrogens (tertiary/aromatic N) is 1. The van der Waals surface area contributed by atoms with E-state index in [9.17, 15) is 9.59 Å². The number of nitrogens with one attached hydrogen (secondary N) is 4. The number of hydrogen-bond acceptors (Lipinski definition) is 8. The number of rotatable bonds is 7. The first-order valence-electron chi connectivity index (χ1n) is 10.4. The molecule has 2 aromatic carbocycles. The van der Waals surface area contributed by atoms with Gasteiger partial charge in [0.2, 0.25) is 0 Å². The highest BCUT2D eigenvalue weighted by Gasteiger charge is 2.19. The summed E-state index contributed by atoms with van der Waals surface area (Å²) in [7, 11) is 1.40. The summed E-state index contributed by atoms with van der Waals surface area (Å²) in [6.07, 6.45) is 0.590. The van der Waals surface area contributed by atoms with Gasteiger partial charge < -0.3 is 14.5 Å². The molecule has 1 aliphatic rings. The van der Waals surface area contributed by atoms with Crippen molar-refractivity contribution in [3.8, 4) is 28.3 Å². The van der Waals surface area contributed by atoms with E-state index in [1.807, 2.05) is 50.2 Å². The number of aromatic nitrogens is 2. The van der Waals surface area contributed by atoms with Gasteiger partial charge in [-0.2, -0.15) is 0 Å². The fraction of sp³-hybridized carbons (Fsp3) is 0.261. The molecule has 0 saturated carbocycles. The number of anilines is 2. The number of hydrogen-bond donors (Lipinski definition) is 4. The standard InChI is InChI=1S/C23H25N5O4/c1-4-32-18-12-16(15-7-5-6-14(11-15)10-13(2)23(30)31-3)8-9-17(18)20-24-21-19(22(29)25-20)26-28-27-21/h5-9,11-13,26,28H,4,10H2,1-3H3,(H2,24,25,27,29). The monoisotopic (exact) mass is 435 g/mol. The van der Waals surface area contributed by atoms with Crippen LogP contribution < -0.4 is 26.7 Å². The van der Waals surface area contributed by atoms with Crippen LogP contribution in [0.25, 0.3) is 22.5 Å². The number of aromatic amines is 1. The summed E-state index contributed by atoms with van der Waals surface area (Å²) in [5.74, 6) is 0.983. The predicted octanol–water partition coefficient (Wildman–Crippen LogP) is 3.11. The largest absolute Gasteiger partial charge is 0.493 e. The Morgan fingerprint density at radius 3 is 2.72 bits per heavy atom. The van der Waals surface area contributed by atoms with Gasteiger partial charge in [0.05, 0.1) is 25.2 Å². The van der Waals surface area contributed by atoms with E-state index in [2.05, 4.69) is 32.4 Å². The van der Waals surface area contributed by atoms with Gasteiger partial charge in [0.25, 0.3) is 5.56 Å². The summed E-state index contributed by atoms with van der Waals surface area (Å²) < 4.78 is 10.7. The van der Waals surface area contributed by atoms with Crippen LogP contribution in [0.5, 0.6) is 5.75 Å². The van der Waals surface area contributed by atoms with Crippen LogP contribution in [0.3, 0.4) is 0 Å². The van der Waals surface area contributed by atoms with E-state index < -0.39 is 0 Å². The van der Waals surface area contributed by atoms with E-state index in [0.717, 1.165) is 16.7 Å². The number of methoxy groups -OCH3 is 1. The highest BCUT2D eigenvalue weighted by atomic mass is 16.5. The molecule has 0 fully saturated rings. The van der Waals surface area contributed by atoms with Crippen LogP contribution in [0.15, 0.2) is 47.3 Å². The minimum absolute atomic E-state index is 0.225. The maximum Gasteiger partial charge on any atom is 0.308 e. The molecule has 0 bridgehead atoms. The smallest absolute Gasteiger partial charge is 0.308 e. The number of carbonyl (C=O) groups excluding carboxylic acids is 1. The van der Waals surface area contributed by atoms with Crippen molar-refractivity contribution in [2.24, 2.45) is 5.92 Å². The maximum absolute atomic E-state index is 12.3. The van der Waals surface area contributed by atoms with Crippen molar-refractivity contribution in [3.05, 3.63) is 58.4 Å². The third kappa shape index (κ3) is 4.28. The quantitative estimate of drug-likeness (QED) is 0.418. The average molecular weight is 435 g/mol. The van der Waals surface area contributed by atoms with Gasteiger partial charge in [0, 0.05) is 0 Å². The zero-order valence-electron chi connectivity index (χ0n) is 18.1. The minimum Gasteiger partial charge on any atom is -0.493 e. The second-order valence-electron chi connectivity index (χ2n) is 7.49. The molecule has 1 atom stereocenters. The van der Waals surface area contributed by atoms with Gasteiger partial charge in [0.15, 0.2) is 11.5 Å². The molecule has 166 valence electrons. The van der Waals surface area contributed by atoms with Crippen molar-refractivity contribution in [1.82, 2.24) is 15.5 Å². The number of hydrazine groups is 2. The Kier molecular flexibility index (Phi) is 6.09. The third-order valence-electron chi connectivity index (χ3n) is 5.23. The molecule has 3 aromatic rings. The first-order valence-corrected chi connectivity index (χ1v) is 10.4.